The highest BCUT2D eigenvalue weighted by atomic mass is 32.2. The molecule has 0 radical (unpaired) electrons. The van der Waals surface area contributed by atoms with Crippen LogP contribution in [0.5, 0.6) is 0 Å². The van der Waals surface area contributed by atoms with Crippen molar-refractivity contribution in [2.75, 3.05) is 11.6 Å². The summed E-state index contributed by atoms with van der Waals surface area (Å²) < 4.78 is 11.5. The molecule has 0 aliphatic carbocycles. The molecule has 110 valence electrons. The van der Waals surface area contributed by atoms with Gasteiger partial charge >= 0.3 is 0 Å². The van der Waals surface area contributed by atoms with Crippen LogP contribution in [0.4, 0.5) is 5.69 Å². The van der Waals surface area contributed by atoms with Crippen molar-refractivity contribution in [3.63, 3.8) is 0 Å². The van der Waals surface area contributed by atoms with Gasteiger partial charge in [0.1, 0.15) is 0 Å². The standard InChI is InChI=1S/C17H19NO2S/c1-12(2)13-7-9-15(10-8-13)18-17(19)14-5-4-6-16(11-14)21(3)20/h4-12H,1-3H3,(H,18,19). The van der Waals surface area contributed by atoms with E-state index in [0.717, 1.165) is 5.69 Å². The molecule has 4 heteroatoms. The average Bonchev–Trinajstić information content (AvgIpc) is 2.48. The minimum absolute atomic E-state index is 0.195. The monoisotopic (exact) mass is 301 g/mol. The van der Waals surface area contributed by atoms with Crippen molar-refractivity contribution in [2.45, 2.75) is 24.7 Å². The molecule has 0 bridgehead atoms. The van der Waals surface area contributed by atoms with Crippen molar-refractivity contribution in [1.29, 1.82) is 0 Å². The fourth-order valence-corrected chi connectivity index (χ4v) is 2.53. The van der Waals surface area contributed by atoms with Crippen molar-refractivity contribution < 1.29 is 9.00 Å². The number of nitrogens with one attached hydrogen (secondary N) is 1. The first-order valence-electron chi connectivity index (χ1n) is 6.82. The summed E-state index contributed by atoms with van der Waals surface area (Å²) in [5.41, 5.74) is 2.50. The van der Waals surface area contributed by atoms with E-state index in [-0.39, 0.29) is 5.91 Å². The van der Waals surface area contributed by atoms with Crippen LogP contribution in [0.2, 0.25) is 0 Å². The number of carbonyl (C=O) groups excluding carboxylic acids is 1. The Bertz CT molecular complexity index is 663. The molecule has 0 aromatic heterocycles. The lowest BCUT2D eigenvalue weighted by molar-refractivity contribution is 0.102. The van der Waals surface area contributed by atoms with Gasteiger partial charge in [-0.1, -0.05) is 32.0 Å². The van der Waals surface area contributed by atoms with E-state index < -0.39 is 10.8 Å². The summed E-state index contributed by atoms with van der Waals surface area (Å²) in [6, 6.07) is 14.7. The van der Waals surface area contributed by atoms with Crippen LogP contribution in [0.25, 0.3) is 0 Å². The van der Waals surface area contributed by atoms with Gasteiger partial charge in [-0.15, -0.1) is 0 Å². The molecular weight excluding hydrogens is 282 g/mol. The van der Waals surface area contributed by atoms with E-state index in [2.05, 4.69) is 19.2 Å². The Morgan fingerprint density at radius 3 is 2.33 bits per heavy atom. The number of rotatable bonds is 4. The zero-order valence-electron chi connectivity index (χ0n) is 12.4. The largest absolute Gasteiger partial charge is 0.322 e. The van der Waals surface area contributed by atoms with Crippen LogP contribution in [-0.2, 0) is 10.8 Å². The molecule has 0 saturated heterocycles. The topological polar surface area (TPSA) is 46.2 Å². The van der Waals surface area contributed by atoms with E-state index >= 15 is 0 Å². The molecule has 2 aromatic carbocycles. The Kier molecular flexibility index (Phi) is 4.91. The van der Waals surface area contributed by atoms with Gasteiger partial charge in [0.2, 0.25) is 0 Å². The summed E-state index contributed by atoms with van der Waals surface area (Å²) in [6.45, 7) is 4.26. The highest BCUT2D eigenvalue weighted by Gasteiger charge is 2.08. The lowest BCUT2D eigenvalue weighted by Gasteiger charge is -2.09. The molecule has 2 aromatic rings. The molecule has 3 nitrogen and oxygen atoms in total. The minimum Gasteiger partial charge on any atom is -0.322 e. The second-order valence-corrected chi connectivity index (χ2v) is 6.59. The summed E-state index contributed by atoms with van der Waals surface area (Å²) in [5.74, 6) is 0.269. The molecule has 1 unspecified atom stereocenters. The zero-order chi connectivity index (χ0) is 15.4. The van der Waals surface area contributed by atoms with Gasteiger partial charge in [0.15, 0.2) is 0 Å². The van der Waals surface area contributed by atoms with Crippen LogP contribution in [0, 0.1) is 0 Å². The van der Waals surface area contributed by atoms with E-state index in [9.17, 15) is 9.00 Å². The third-order valence-electron chi connectivity index (χ3n) is 3.26. The normalized spacial score (nSPS) is 12.2. The summed E-state index contributed by atoms with van der Waals surface area (Å²) in [4.78, 5) is 12.8. The van der Waals surface area contributed by atoms with Crippen molar-refractivity contribution >= 4 is 22.4 Å². The van der Waals surface area contributed by atoms with Crippen LogP contribution in [0.15, 0.2) is 53.4 Å². The maximum absolute atomic E-state index is 12.2. The molecule has 1 amide bonds. The van der Waals surface area contributed by atoms with Crippen LogP contribution in [0.3, 0.4) is 0 Å². The Balaban J connectivity index is 2.14. The Hall–Kier alpha value is -1.94. The molecule has 2 rings (SSSR count). The SMILES string of the molecule is CC(C)c1ccc(NC(=O)c2cccc(S(C)=O)c2)cc1. The lowest BCUT2D eigenvalue weighted by Crippen LogP contribution is -2.12. The predicted octanol–water partition coefficient (Wildman–Crippen LogP) is 3.80. The molecule has 0 heterocycles. The number of amides is 1. The lowest BCUT2D eigenvalue weighted by atomic mass is 10.0. The average molecular weight is 301 g/mol. The number of hydrogen-bond acceptors (Lipinski definition) is 2. The third-order valence-corrected chi connectivity index (χ3v) is 4.18. The van der Waals surface area contributed by atoms with Gasteiger partial charge in [-0.3, -0.25) is 9.00 Å². The van der Waals surface area contributed by atoms with Crippen LogP contribution in [-0.4, -0.2) is 16.4 Å². The van der Waals surface area contributed by atoms with Crippen LogP contribution in [0.1, 0.15) is 35.7 Å². The van der Waals surface area contributed by atoms with E-state index in [1.807, 2.05) is 24.3 Å². The smallest absolute Gasteiger partial charge is 0.255 e. The van der Waals surface area contributed by atoms with E-state index in [0.29, 0.717) is 16.4 Å². The van der Waals surface area contributed by atoms with Gasteiger partial charge in [0, 0.05) is 33.2 Å². The Morgan fingerprint density at radius 1 is 1.10 bits per heavy atom. The van der Waals surface area contributed by atoms with Gasteiger partial charge < -0.3 is 5.32 Å². The number of benzene rings is 2. The number of anilines is 1. The second-order valence-electron chi connectivity index (χ2n) is 5.21. The van der Waals surface area contributed by atoms with Gasteiger partial charge in [-0.25, -0.2) is 0 Å². The molecule has 0 spiro atoms. The second kappa shape index (κ2) is 6.68. The third kappa shape index (κ3) is 4.02. The first-order chi connectivity index (χ1) is 9.97. The van der Waals surface area contributed by atoms with Gasteiger partial charge in [0.25, 0.3) is 5.91 Å². The Labute approximate surface area is 127 Å². The van der Waals surface area contributed by atoms with Gasteiger partial charge in [-0.2, -0.15) is 0 Å². The van der Waals surface area contributed by atoms with E-state index in [1.165, 1.54) is 5.56 Å². The van der Waals surface area contributed by atoms with Crippen molar-refractivity contribution in [3.05, 3.63) is 59.7 Å². The summed E-state index contributed by atoms with van der Waals surface area (Å²) in [5, 5.41) is 2.85. The zero-order valence-corrected chi connectivity index (χ0v) is 13.2. The summed E-state index contributed by atoms with van der Waals surface area (Å²) in [7, 11) is -1.09. The molecule has 0 fully saturated rings. The maximum Gasteiger partial charge on any atom is 0.255 e. The first-order valence-corrected chi connectivity index (χ1v) is 8.38. The summed E-state index contributed by atoms with van der Waals surface area (Å²) in [6.07, 6.45) is 1.60. The van der Waals surface area contributed by atoms with Crippen molar-refractivity contribution in [2.24, 2.45) is 0 Å². The number of carbonyl (C=O) groups is 1. The van der Waals surface area contributed by atoms with Crippen LogP contribution < -0.4 is 5.32 Å². The molecule has 0 aliphatic rings. The summed E-state index contributed by atoms with van der Waals surface area (Å²) >= 11 is 0. The molecule has 1 atom stereocenters. The molecule has 21 heavy (non-hydrogen) atoms. The van der Waals surface area contributed by atoms with Gasteiger partial charge in [0.05, 0.1) is 0 Å². The molecule has 1 N–H and O–H groups in total. The van der Waals surface area contributed by atoms with Crippen LogP contribution >= 0.6 is 0 Å². The maximum atomic E-state index is 12.2. The fourth-order valence-electron chi connectivity index (χ4n) is 1.97. The predicted molar refractivity (Wildman–Crippen MR) is 87.3 cm³/mol. The number of hydrogen-bond donors (Lipinski definition) is 1. The molecule has 0 saturated carbocycles. The van der Waals surface area contributed by atoms with Crippen molar-refractivity contribution in [3.8, 4) is 0 Å². The quantitative estimate of drug-likeness (QED) is 0.933. The van der Waals surface area contributed by atoms with E-state index in [1.54, 1.807) is 30.5 Å². The fraction of sp³-hybridized carbons (Fsp3) is 0.235. The molecule has 0 aliphatic heterocycles. The minimum atomic E-state index is -1.09. The first kappa shape index (κ1) is 15.4. The molecular formula is C17H19NO2S. The highest BCUT2D eigenvalue weighted by Crippen LogP contribution is 2.18. The van der Waals surface area contributed by atoms with Crippen molar-refractivity contribution in [1.82, 2.24) is 0 Å². The van der Waals surface area contributed by atoms with E-state index in [4.69, 9.17) is 0 Å². The van der Waals surface area contributed by atoms with Gasteiger partial charge in [-0.05, 0) is 41.8 Å². The Morgan fingerprint density at radius 2 is 1.76 bits per heavy atom. The highest BCUT2D eigenvalue weighted by molar-refractivity contribution is 7.84.